The highest BCUT2D eigenvalue weighted by Crippen LogP contribution is 2.42. The van der Waals surface area contributed by atoms with Crippen LogP contribution in [0.1, 0.15) is 57.6 Å². The first-order valence-electron chi connectivity index (χ1n) is 9.92. The van der Waals surface area contributed by atoms with E-state index in [1.165, 1.54) is 0 Å². The zero-order valence-electron chi connectivity index (χ0n) is 16.5. The lowest BCUT2D eigenvalue weighted by atomic mass is 10.1. The summed E-state index contributed by atoms with van der Waals surface area (Å²) in [6, 6.07) is 1.16. The number of esters is 1. The summed E-state index contributed by atoms with van der Waals surface area (Å²) in [4.78, 5) is 37.2. The number of aldehydes is 1. The van der Waals surface area contributed by atoms with Crippen molar-refractivity contribution in [2.75, 3.05) is 12.3 Å². The van der Waals surface area contributed by atoms with E-state index in [-0.39, 0.29) is 12.2 Å². The number of aromatic nitrogens is 2. The summed E-state index contributed by atoms with van der Waals surface area (Å²) >= 11 is 0. The summed E-state index contributed by atoms with van der Waals surface area (Å²) in [5, 5.41) is 9.89. The Bertz CT molecular complexity index is 773. The van der Waals surface area contributed by atoms with Crippen molar-refractivity contribution in [1.82, 2.24) is 9.55 Å². The number of aliphatic hydroxyl groups excluding tert-OH is 1. The molecule has 168 valence electrons. The van der Waals surface area contributed by atoms with Gasteiger partial charge in [0.05, 0.1) is 0 Å². The fourth-order valence-electron chi connectivity index (χ4n) is 3.16. The number of carbonyl (C=O) groups is 2. The summed E-state index contributed by atoms with van der Waals surface area (Å²) in [6.07, 6.45) is 1.87. The summed E-state index contributed by atoms with van der Waals surface area (Å²) in [5.41, 5.74) is 4.30. The van der Waals surface area contributed by atoms with Gasteiger partial charge in [-0.15, -0.1) is 0 Å². The molecule has 0 unspecified atom stereocenters. The topological polar surface area (TPSA) is 134 Å². The number of aliphatic hydroxyl groups is 1. The Morgan fingerprint density at radius 1 is 1.30 bits per heavy atom. The number of rotatable bonds is 12. The lowest BCUT2D eigenvalue weighted by Crippen LogP contribution is -2.42. The van der Waals surface area contributed by atoms with E-state index in [4.69, 9.17) is 15.2 Å². The Labute approximate surface area is 172 Å². The fraction of sp³-hybridized carbons (Fsp3) is 0.684. The Hall–Kier alpha value is -2.40. The maximum absolute atomic E-state index is 14.4. The molecule has 1 fully saturated rings. The normalized spacial score (nSPS) is 22.7. The molecule has 1 aliphatic heterocycles. The first-order valence-corrected chi connectivity index (χ1v) is 9.92. The number of hydrogen-bond acceptors (Lipinski definition) is 8. The van der Waals surface area contributed by atoms with Gasteiger partial charge in [-0.1, -0.05) is 25.7 Å². The van der Waals surface area contributed by atoms with E-state index >= 15 is 0 Å². The Balaban J connectivity index is 1.77. The molecule has 0 saturated carbocycles. The number of nitrogens with two attached hydrogens (primary N) is 1. The molecular weight excluding hydrogens is 404 g/mol. The SMILES string of the molecule is Nc1ccn([C@@H]2O[C@H](COC(=O)CCCCCCCCC=O)[C@@H](O)C2(F)F)c(=O)n1. The van der Waals surface area contributed by atoms with Crippen LogP contribution in [0.3, 0.4) is 0 Å². The van der Waals surface area contributed by atoms with Crippen molar-refractivity contribution in [3.8, 4) is 0 Å². The first-order chi connectivity index (χ1) is 14.3. The number of anilines is 1. The third-order valence-corrected chi connectivity index (χ3v) is 4.85. The number of nitrogens with zero attached hydrogens (tertiary/aromatic N) is 2. The van der Waals surface area contributed by atoms with Gasteiger partial charge in [-0.3, -0.25) is 9.36 Å². The van der Waals surface area contributed by atoms with Crippen molar-refractivity contribution in [2.24, 2.45) is 0 Å². The molecule has 0 aliphatic carbocycles. The van der Waals surface area contributed by atoms with Crippen LogP contribution < -0.4 is 11.4 Å². The molecule has 0 aromatic carbocycles. The Kier molecular flexibility index (Phi) is 8.85. The largest absolute Gasteiger partial charge is 0.463 e. The molecule has 2 rings (SSSR count). The number of nitrogen functional groups attached to an aromatic ring is 1. The van der Waals surface area contributed by atoms with E-state index < -0.39 is 42.6 Å². The molecule has 0 bridgehead atoms. The number of halogens is 2. The third-order valence-electron chi connectivity index (χ3n) is 4.85. The molecular formula is C19H27F2N3O6. The van der Waals surface area contributed by atoms with E-state index in [1.54, 1.807) is 0 Å². The minimum absolute atomic E-state index is 0.123. The van der Waals surface area contributed by atoms with Crippen LogP contribution in [0.25, 0.3) is 0 Å². The van der Waals surface area contributed by atoms with E-state index in [0.717, 1.165) is 50.7 Å². The number of alkyl halides is 2. The van der Waals surface area contributed by atoms with Gasteiger partial charge in [0.1, 0.15) is 24.8 Å². The molecule has 0 radical (unpaired) electrons. The van der Waals surface area contributed by atoms with Gasteiger partial charge in [0.15, 0.2) is 6.10 Å². The van der Waals surface area contributed by atoms with Gasteiger partial charge in [0, 0.05) is 19.0 Å². The van der Waals surface area contributed by atoms with Crippen molar-refractivity contribution >= 4 is 18.1 Å². The second-order valence-electron chi connectivity index (χ2n) is 7.20. The van der Waals surface area contributed by atoms with Gasteiger partial charge in [0.2, 0.25) is 6.23 Å². The van der Waals surface area contributed by atoms with E-state index in [1.807, 2.05) is 0 Å². The number of hydrogen-bond donors (Lipinski definition) is 2. The van der Waals surface area contributed by atoms with Crippen molar-refractivity contribution in [3.63, 3.8) is 0 Å². The lowest BCUT2D eigenvalue weighted by molar-refractivity contribution is -0.150. The van der Waals surface area contributed by atoms with Gasteiger partial charge in [-0.05, 0) is 18.9 Å². The summed E-state index contributed by atoms with van der Waals surface area (Å²) < 4.78 is 39.4. The first kappa shape index (κ1) is 23.9. The van der Waals surface area contributed by atoms with Crippen LogP contribution in [0.5, 0.6) is 0 Å². The van der Waals surface area contributed by atoms with Gasteiger partial charge >= 0.3 is 17.6 Å². The predicted molar refractivity (Wildman–Crippen MR) is 102 cm³/mol. The van der Waals surface area contributed by atoms with Crippen LogP contribution in [0, 0.1) is 0 Å². The standard InChI is InChI=1S/C19H27F2N3O6/c20-19(21)16(27)13(30-17(19)24-10-9-14(22)23-18(24)28)12-29-15(26)8-6-4-2-1-3-5-7-11-25/h9-11,13,16-17,27H,1-8,12H2,(H2,22,23,28)/t13-,16-,17-/m1/s1. The van der Waals surface area contributed by atoms with Crippen LogP contribution in [0.15, 0.2) is 17.1 Å². The average molecular weight is 431 g/mol. The Morgan fingerprint density at radius 2 is 1.97 bits per heavy atom. The van der Waals surface area contributed by atoms with Crippen molar-refractivity contribution in [3.05, 3.63) is 22.7 Å². The van der Waals surface area contributed by atoms with Crippen LogP contribution in [0.4, 0.5) is 14.6 Å². The molecule has 1 aromatic rings. The summed E-state index contributed by atoms with van der Waals surface area (Å²) in [6.45, 7) is -0.561. The van der Waals surface area contributed by atoms with Crippen molar-refractivity contribution in [1.29, 1.82) is 0 Å². The predicted octanol–water partition coefficient (Wildman–Crippen LogP) is 1.58. The summed E-state index contributed by atoms with van der Waals surface area (Å²) in [5.74, 6) is -4.50. The van der Waals surface area contributed by atoms with E-state index in [0.29, 0.717) is 17.4 Å². The maximum Gasteiger partial charge on any atom is 0.351 e. The highest BCUT2D eigenvalue weighted by molar-refractivity contribution is 5.69. The van der Waals surface area contributed by atoms with Gasteiger partial charge in [-0.2, -0.15) is 13.8 Å². The highest BCUT2D eigenvalue weighted by atomic mass is 19.3. The van der Waals surface area contributed by atoms with Crippen molar-refractivity contribution in [2.45, 2.75) is 75.7 Å². The van der Waals surface area contributed by atoms with E-state index in [2.05, 4.69) is 4.98 Å². The van der Waals surface area contributed by atoms with Gasteiger partial charge in [0.25, 0.3) is 0 Å². The molecule has 3 atom stereocenters. The molecule has 9 nitrogen and oxygen atoms in total. The molecule has 11 heteroatoms. The number of ether oxygens (including phenoxy) is 2. The average Bonchev–Trinajstić information content (AvgIpc) is 2.92. The monoisotopic (exact) mass is 431 g/mol. The number of carbonyl (C=O) groups excluding carboxylic acids is 2. The maximum atomic E-state index is 14.4. The number of unbranched alkanes of at least 4 members (excludes halogenated alkanes) is 6. The fourth-order valence-corrected chi connectivity index (χ4v) is 3.16. The molecule has 1 aromatic heterocycles. The minimum atomic E-state index is -3.79. The zero-order valence-corrected chi connectivity index (χ0v) is 16.5. The molecule has 1 saturated heterocycles. The quantitative estimate of drug-likeness (QED) is 0.289. The second kappa shape index (κ2) is 11.1. The molecule has 1 aliphatic rings. The second-order valence-corrected chi connectivity index (χ2v) is 7.20. The minimum Gasteiger partial charge on any atom is -0.463 e. The van der Waals surface area contributed by atoms with Gasteiger partial charge < -0.3 is 25.1 Å². The van der Waals surface area contributed by atoms with Crippen LogP contribution in [0.2, 0.25) is 0 Å². The molecule has 2 heterocycles. The molecule has 0 amide bonds. The van der Waals surface area contributed by atoms with E-state index in [9.17, 15) is 28.3 Å². The molecule has 30 heavy (non-hydrogen) atoms. The third kappa shape index (κ3) is 6.30. The smallest absolute Gasteiger partial charge is 0.351 e. The lowest BCUT2D eigenvalue weighted by Gasteiger charge is -2.20. The summed E-state index contributed by atoms with van der Waals surface area (Å²) in [7, 11) is 0. The highest BCUT2D eigenvalue weighted by Gasteiger charge is 2.60. The Morgan fingerprint density at radius 3 is 2.63 bits per heavy atom. The molecule has 3 N–H and O–H groups in total. The molecule has 0 spiro atoms. The van der Waals surface area contributed by atoms with Crippen LogP contribution in [-0.4, -0.2) is 51.7 Å². The zero-order chi connectivity index (χ0) is 22.1. The van der Waals surface area contributed by atoms with Crippen molar-refractivity contribution < 1.29 is 33.0 Å². The van der Waals surface area contributed by atoms with Gasteiger partial charge in [-0.25, -0.2) is 4.79 Å². The van der Waals surface area contributed by atoms with Crippen LogP contribution in [-0.2, 0) is 19.1 Å². The van der Waals surface area contributed by atoms with Crippen LogP contribution >= 0.6 is 0 Å².